The molecule has 0 atom stereocenters. The zero-order valence-corrected chi connectivity index (χ0v) is 13.3. The second-order valence-electron chi connectivity index (χ2n) is 1.93. The topological polar surface area (TPSA) is 46.1 Å². The van der Waals surface area contributed by atoms with Gasteiger partial charge in [-0.05, 0) is 6.92 Å². The van der Waals surface area contributed by atoms with Crippen molar-refractivity contribution in [2.75, 3.05) is 0 Å². The van der Waals surface area contributed by atoms with Crippen LogP contribution in [0.25, 0.3) is 0 Å². The van der Waals surface area contributed by atoms with Gasteiger partial charge in [-0.2, -0.15) is 0 Å². The molecule has 0 aliphatic heterocycles. The second-order valence-corrected chi connectivity index (χ2v) is 1.93. The van der Waals surface area contributed by atoms with Crippen LogP contribution in [-0.4, -0.2) is 0 Å². The summed E-state index contributed by atoms with van der Waals surface area (Å²) in [5.74, 6) is -0.179. The van der Waals surface area contributed by atoms with E-state index >= 15 is 0 Å². The van der Waals surface area contributed by atoms with Gasteiger partial charge in [0.25, 0.3) is 0 Å². The molecule has 48 valence electrons. The molecule has 0 heterocycles. The number of hydrogen-bond acceptors (Lipinski definition) is 2. The Bertz CT molecular complexity index is 226. The van der Waals surface area contributed by atoms with Crippen LogP contribution in [0.2, 0.25) is 0 Å². The van der Waals surface area contributed by atoms with E-state index in [-0.39, 0.29) is 114 Å². The van der Waals surface area contributed by atoms with Crippen molar-refractivity contribution in [3.63, 3.8) is 0 Å². The molecule has 0 saturated heterocycles. The SMILES string of the molecule is Cc1cc([O-])ccc1[O-].[K+].[K+]. The molecule has 0 spiro atoms. The fourth-order valence-corrected chi connectivity index (χ4v) is 0.622. The van der Waals surface area contributed by atoms with Crippen LogP contribution in [0, 0.1) is 6.92 Å². The van der Waals surface area contributed by atoms with Crippen molar-refractivity contribution in [3.05, 3.63) is 23.8 Å². The third-order valence-electron chi connectivity index (χ3n) is 1.15. The predicted molar refractivity (Wildman–Crippen MR) is 30.1 cm³/mol. The fourth-order valence-electron chi connectivity index (χ4n) is 0.622. The zero-order valence-electron chi connectivity index (χ0n) is 7.05. The first kappa shape index (κ1) is 15.6. The minimum Gasteiger partial charge on any atom is -0.872 e. The molecule has 0 aromatic heterocycles. The molecule has 0 saturated carbocycles. The van der Waals surface area contributed by atoms with Gasteiger partial charge in [0, 0.05) is 0 Å². The Balaban J connectivity index is 0. The normalized spacial score (nSPS) is 7.73. The van der Waals surface area contributed by atoms with E-state index in [0.29, 0.717) is 5.56 Å². The van der Waals surface area contributed by atoms with E-state index in [4.69, 9.17) is 0 Å². The molecule has 2 nitrogen and oxygen atoms in total. The third-order valence-corrected chi connectivity index (χ3v) is 1.15. The molecule has 4 heteroatoms. The monoisotopic (exact) mass is 200 g/mol. The van der Waals surface area contributed by atoms with E-state index in [1.807, 2.05) is 0 Å². The summed E-state index contributed by atoms with van der Waals surface area (Å²) >= 11 is 0. The average Bonchev–Trinajstić information content (AvgIpc) is 1.80. The van der Waals surface area contributed by atoms with Gasteiger partial charge in [0.15, 0.2) is 0 Å². The molecule has 0 N–H and O–H groups in total. The zero-order chi connectivity index (χ0) is 6.85. The van der Waals surface area contributed by atoms with Gasteiger partial charge in [-0.3, -0.25) is 0 Å². The summed E-state index contributed by atoms with van der Waals surface area (Å²) in [4.78, 5) is 0. The quantitative estimate of drug-likeness (QED) is 0.392. The maximum Gasteiger partial charge on any atom is 1.00 e. The van der Waals surface area contributed by atoms with Crippen LogP contribution in [-0.2, 0) is 0 Å². The van der Waals surface area contributed by atoms with E-state index < -0.39 is 0 Å². The Labute approximate surface area is 151 Å². The Kier molecular flexibility index (Phi) is 10.6. The van der Waals surface area contributed by atoms with Gasteiger partial charge in [0.1, 0.15) is 0 Å². The number of rotatable bonds is 0. The largest absolute Gasteiger partial charge is 1.00 e. The van der Waals surface area contributed by atoms with Crippen molar-refractivity contribution in [2.45, 2.75) is 6.92 Å². The summed E-state index contributed by atoms with van der Waals surface area (Å²) in [5, 5.41) is 21.1. The van der Waals surface area contributed by atoms with Crippen molar-refractivity contribution < 1.29 is 113 Å². The van der Waals surface area contributed by atoms with Gasteiger partial charge < -0.3 is 10.2 Å². The van der Waals surface area contributed by atoms with E-state index in [2.05, 4.69) is 0 Å². The second kappa shape index (κ2) is 7.49. The molecule has 0 bridgehead atoms. The Morgan fingerprint density at radius 1 is 1.09 bits per heavy atom. The van der Waals surface area contributed by atoms with Crippen LogP contribution < -0.4 is 113 Å². The van der Waals surface area contributed by atoms with Crippen molar-refractivity contribution in [1.82, 2.24) is 0 Å². The average molecular weight is 200 g/mol. The van der Waals surface area contributed by atoms with Gasteiger partial charge in [0.2, 0.25) is 0 Å². The first-order valence-corrected chi connectivity index (χ1v) is 2.65. The van der Waals surface area contributed by atoms with Crippen molar-refractivity contribution in [3.8, 4) is 11.5 Å². The van der Waals surface area contributed by atoms with Crippen LogP contribution >= 0.6 is 0 Å². The summed E-state index contributed by atoms with van der Waals surface area (Å²) in [5.41, 5.74) is 0.516. The molecule has 0 aliphatic carbocycles. The van der Waals surface area contributed by atoms with Crippen molar-refractivity contribution in [2.24, 2.45) is 0 Å². The summed E-state index contributed by atoms with van der Waals surface area (Å²) in [6.45, 7) is 1.63. The molecule has 1 aromatic carbocycles. The molecular weight excluding hydrogens is 194 g/mol. The van der Waals surface area contributed by atoms with E-state index in [0.717, 1.165) is 0 Å². The third kappa shape index (κ3) is 5.41. The number of hydrogen-bond donors (Lipinski definition) is 0. The van der Waals surface area contributed by atoms with Gasteiger partial charge in [0.05, 0.1) is 0 Å². The van der Waals surface area contributed by atoms with Crippen molar-refractivity contribution >= 4 is 0 Å². The Hall–Kier alpha value is 2.09. The molecule has 0 unspecified atom stereocenters. The smallest absolute Gasteiger partial charge is 0.872 e. The van der Waals surface area contributed by atoms with E-state index in [1.165, 1.54) is 18.2 Å². The Morgan fingerprint density at radius 3 is 2.00 bits per heavy atom. The van der Waals surface area contributed by atoms with Crippen LogP contribution in [0.5, 0.6) is 11.5 Å². The standard InChI is InChI=1S/C7H8O2.2K/c1-5-4-6(8)2-3-7(5)9;;/h2-4,8-9H,1H3;;/q;2*+1/p-2. The molecule has 1 rings (SSSR count). The first-order valence-electron chi connectivity index (χ1n) is 2.65. The number of benzene rings is 1. The molecule has 0 radical (unpaired) electrons. The summed E-state index contributed by atoms with van der Waals surface area (Å²) in [7, 11) is 0. The van der Waals surface area contributed by atoms with Gasteiger partial charge >= 0.3 is 103 Å². The summed E-state index contributed by atoms with van der Waals surface area (Å²) in [6.07, 6.45) is 0. The van der Waals surface area contributed by atoms with Crippen LogP contribution in [0.15, 0.2) is 18.2 Å². The fraction of sp³-hybridized carbons (Fsp3) is 0.143. The number of aryl methyl sites for hydroxylation is 1. The minimum absolute atomic E-state index is 0. The molecular formula is C7H6K2O2. The van der Waals surface area contributed by atoms with Crippen molar-refractivity contribution in [1.29, 1.82) is 0 Å². The summed E-state index contributed by atoms with van der Waals surface area (Å²) < 4.78 is 0. The summed E-state index contributed by atoms with van der Waals surface area (Å²) in [6, 6.07) is 3.90. The van der Waals surface area contributed by atoms with Gasteiger partial charge in [-0.15, -0.1) is 11.5 Å². The molecule has 1 aromatic rings. The van der Waals surface area contributed by atoms with Crippen LogP contribution in [0.4, 0.5) is 0 Å². The molecule has 0 fully saturated rings. The maximum atomic E-state index is 10.6. The van der Waals surface area contributed by atoms with Crippen LogP contribution in [0.1, 0.15) is 5.56 Å². The maximum absolute atomic E-state index is 10.6. The van der Waals surface area contributed by atoms with Gasteiger partial charge in [-0.1, -0.05) is 23.8 Å². The molecule has 11 heavy (non-hydrogen) atoms. The minimum atomic E-state index is -0.105. The molecule has 0 amide bonds. The first-order chi connectivity index (χ1) is 4.20. The van der Waals surface area contributed by atoms with E-state index in [1.54, 1.807) is 6.92 Å². The predicted octanol–water partition coefficient (Wildman–Crippen LogP) is -5.85. The Morgan fingerprint density at radius 2 is 1.64 bits per heavy atom. The molecule has 0 aliphatic rings. The van der Waals surface area contributed by atoms with Crippen LogP contribution in [0.3, 0.4) is 0 Å². The van der Waals surface area contributed by atoms with Gasteiger partial charge in [-0.25, -0.2) is 0 Å². The van der Waals surface area contributed by atoms with E-state index in [9.17, 15) is 10.2 Å².